The maximum Gasteiger partial charge on any atom is 0.252 e. The summed E-state index contributed by atoms with van der Waals surface area (Å²) in [6.45, 7) is 7.00. The highest BCUT2D eigenvalue weighted by molar-refractivity contribution is 6.06. The van der Waals surface area contributed by atoms with E-state index in [9.17, 15) is 9.59 Å². The maximum absolute atomic E-state index is 13.2. The van der Waals surface area contributed by atoms with Crippen LogP contribution in [0.3, 0.4) is 0 Å². The zero-order chi connectivity index (χ0) is 21.3. The maximum atomic E-state index is 13.2. The molecular weight excluding hydrogens is 372 g/mol. The van der Waals surface area contributed by atoms with E-state index >= 15 is 0 Å². The van der Waals surface area contributed by atoms with Gasteiger partial charge in [0.25, 0.3) is 11.5 Å². The number of benzene rings is 2. The molecule has 30 heavy (non-hydrogen) atoms. The van der Waals surface area contributed by atoms with E-state index in [1.54, 1.807) is 4.57 Å². The smallest absolute Gasteiger partial charge is 0.252 e. The lowest BCUT2D eigenvalue weighted by molar-refractivity contribution is 0.0892. The first-order valence-electron chi connectivity index (χ1n) is 10.9. The molecule has 156 valence electrons. The molecule has 0 unspecified atom stereocenters. The molecule has 2 aromatic carbocycles. The fourth-order valence-electron chi connectivity index (χ4n) is 4.59. The summed E-state index contributed by atoms with van der Waals surface area (Å²) in [5, 5.41) is 4.04. The van der Waals surface area contributed by atoms with Crippen molar-refractivity contribution in [3.8, 4) is 0 Å². The van der Waals surface area contributed by atoms with Gasteiger partial charge in [0.2, 0.25) is 0 Å². The number of aryl methyl sites for hydroxylation is 1. The lowest BCUT2D eigenvalue weighted by atomic mass is 9.78. The van der Waals surface area contributed by atoms with Crippen LogP contribution in [-0.4, -0.2) is 16.5 Å². The molecule has 1 aliphatic rings. The molecular formula is C26H30N2O2. The number of carbonyl (C=O) groups is 1. The molecule has 4 heteroatoms. The summed E-state index contributed by atoms with van der Waals surface area (Å²) in [4.78, 5) is 26.2. The summed E-state index contributed by atoms with van der Waals surface area (Å²) in [6.07, 6.45) is 3.35. The van der Waals surface area contributed by atoms with Gasteiger partial charge in [0.15, 0.2) is 0 Å². The highest BCUT2D eigenvalue weighted by Gasteiger charge is 2.29. The van der Waals surface area contributed by atoms with Crippen LogP contribution in [-0.2, 0) is 6.54 Å². The van der Waals surface area contributed by atoms with E-state index in [1.807, 2.05) is 43.3 Å². The molecule has 3 atom stereocenters. The van der Waals surface area contributed by atoms with E-state index in [2.05, 4.69) is 31.3 Å². The Kier molecular flexibility index (Phi) is 5.76. The Morgan fingerprint density at radius 1 is 1.07 bits per heavy atom. The molecule has 0 bridgehead atoms. The fraction of sp³-hybridized carbons (Fsp3) is 0.385. The van der Waals surface area contributed by atoms with E-state index in [-0.39, 0.29) is 17.5 Å². The van der Waals surface area contributed by atoms with Crippen LogP contribution < -0.4 is 10.9 Å². The fourth-order valence-corrected chi connectivity index (χ4v) is 4.59. The topological polar surface area (TPSA) is 51.1 Å². The Bertz CT molecular complexity index is 1110. The third-order valence-corrected chi connectivity index (χ3v) is 6.75. The number of aromatic nitrogens is 1. The standard InChI is InChI=1S/C26H30N2O2/c1-17-11-13-20(14-12-17)16-28-24-10-5-4-8-21(24)22(15-25(28)29)26(30)27-23-9-6-7-18(2)19(23)3/h4-5,8,10-15,18-19,23H,6-7,9,16H2,1-3H3,(H,27,30)/t18-,19-,23+/m0/s1. The van der Waals surface area contributed by atoms with Gasteiger partial charge in [-0.2, -0.15) is 0 Å². The predicted molar refractivity (Wildman–Crippen MR) is 122 cm³/mol. The van der Waals surface area contributed by atoms with Crippen LogP contribution in [0.1, 0.15) is 54.6 Å². The molecule has 1 amide bonds. The van der Waals surface area contributed by atoms with Crippen LogP contribution in [0.4, 0.5) is 0 Å². The number of nitrogens with zero attached hydrogens (tertiary/aromatic N) is 1. The van der Waals surface area contributed by atoms with Crippen molar-refractivity contribution < 1.29 is 4.79 Å². The predicted octanol–water partition coefficient (Wildman–Crippen LogP) is 4.91. The normalized spacial score (nSPS) is 21.5. The van der Waals surface area contributed by atoms with Crippen molar-refractivity contribution in [2.75, 3.05) is 0 Å². The van der Waals surface area contributed by atoms with Crippen molar-refractivity contribution in [1.29, 1.82) is 0 Å². The summed E-state index contributed by atoms with van der Waals surface area (Å²) in [6, 6.07) is 17.6. The van der Waals surface area contributed by atoms with Gasteiger partial charge in [-0.1, -0.05) is 74.7 Å². The number of pyridine rings is 1. The largest absolute Gasteiger partial charge is 0.349 e. The van der Waals surface area contributed by atoms with Crippen molar-refractivity contribution in [1.82, 2.24) is 9.88 Å². The Balaban J connectivity index is 1.69. The monoisotopic (exact) mass is 402 g/mol. The lowest BCUT2D eigenvalue weighted by Crippen LogP contribution is -2.44. The van der Waals surface area contributed by atoms with Crippen molar-refractivity contribution in [2.45, 2.75) is 52.6 Å². The van der Waals surface area contributed by atoms with Crippen molar-refractivity contribution in [3.63, 3.8) is 0 Å². The van der Waals surface area contributed by atoms with Crippen LogP contribution in [0.25, 0.3) is 10.9 Å². The minimum Gasteiger partial charge on any atom is -0.349 e. The Morgan fingerprint density at radius 2 is 1.80 bits per heavy atom. The average Bonchev–Trinajstić information content (AvgIpc) is 2.74. The summed E-state index contributed by atoms with van der Waals surface area (Å²) in [7, 11) is 0. The minimum atomic E-state index is -0.149. The summed E-state index contributed by atoms with van der Waals surface area (Å²) >= 11 is 0. The van der Waals surface area contributed by atoms with Crippen LogP contribution in [0.2, 0.25) is 0 Å². The van der Waals surface area contributed by atoms with Crippen LogP contribution in [0, 0.1) is 18.8 Å². The van der Waals surface area contributed by atoms with Gasteiger partial charge in [-0.05, 0) is 36.8 Å². The molecule has 0 spiro atoms. The average molecular weight is 403 g/mol. The van der Waals surface area contributed by atoms with Gasteiger partial charge in [-0.3, -0.25) is 9.59 Å². The Morgan fingerprint density at radius 3 is 2.57 bits per heavy atom. The van der Waals surface area contributed by atoms with E-state index in [0.717, 1.165) is 29.3 Å². The van der Waals surface area contributed by atoms with Crippen molar-refractivity contribution >= 4 is 16.8 Å². The first-order valence-corrected chi connectivity index (χ1v) is 10.9. The van der Waals surface area contributed by atoms with Gasteiger partial charge < -0.3 is 9.88 Å². The number of hydrogen-bond acceptors (Lipinski definition) is 2. The molecule has 4 rings (SSSR count). The molecule has 1 heterocycles. The highest BCUT2D eigenvalue weighted by Crippen LogP contribution is 2.30. The molecule has 1 N–H and O–H groups in total. The Labute approximate surface area is 177 Å². The molecule has 1 fully saturated rings. The van der Waals surface area contributed by atoms with E-state index in [4.69, 9.17) is 0 Å². The van der Waals surface area contributed by atoms with Gasteiger partial charge in [0, 0.05) is 17.5 Å². The number of fused-ring (bicyclic) bond motifs is 1. The van der Waals surface area contributed by atoms with Crippen LogP contribution in [0.5, 0.6) is 0 Å². The number of carbonyl (C=O) groups excluding carboxylic acids is 1. The third kappa shape index (κ3) is 4.04. The van der Waals surface area contributed by atoms with Crippen molar-refractivity contribution in [2.24, 2.45) is 11.8 Å². The number of hydrogen-bond donors (Lipinski definition) is 1. The summed E-state index contributed by atoms with van der Waals surface area (Å²) < 4.78 is 1.75. The molecule has 0 aliphatic heterocycles. The SMILES string of the molecule is Cc1ccc(Cn2c(=O)cc(C(=O)N[C@@H]3CCC[C@H](C)[C@@H]3C)c3ccccc32)cc1. The number of rotatable bonds is 4. The van der Waals surface area contributed by atoms with Crippen LogP contribution >= 0.6 is 0 Å². The van der Waals surface area contributed by atoms with Gasteiger partial charge in [-0.15, -0.1) is 0 Å². The molecule has 4 nitrogen and oxygen atoms in total. The molecule has 0 radical (unpaired) electrons. The Hall–Kier alpha value is -2.88. The first-order chi connectivity index (χ1) is 14.4. The highest BCUT2D eigenvalue weighted by atomic mass is 16.2. The number of nitrogens with one attached hydrogen (secondary N) is 1. The second-order valence-corrected chi connectivity index (χ2v) is 8.83. The van der Waals surface area contributed by atoms with E-state index in [0.29, 0.717) is 23.9 Å². The summed E-state index contributed by atoms with van der Waals surface area (Å²) in [5.74, 6) is 0.899. The zero-order valence-electron chi connectivity index (χ0n) is 18.0. The zero-order valence-corrected chi connectivity index (χ0v) is 18.0. The molecule has 1 saturated carbocycles. The van der Waals surface area contributed by atoms with Gasteiger partial charge in [0.05, 0.1) is 17.6 Å². The van der Waals surface area contributed by atoms with Crippen molar-refractivity contribution in [3.05, 3.63) is 81.6 Å². The molecule has 1 aromatic heterocycles. The minimum absolute atomic E-state index is 0.142. The second-order valence-electron chi connectivity index (χ2n) is 8.83. The second kappa shape index (κ2) is 8.47. The number of amides is 1. The quantitative estimate of drug-likeness (QED) is 0.674. The summed E-state index contributed by atoms with van der Waals surface area (Å²) in [5.41, 5.74) is 3.37. The van der Waals surface area contributed by atoms with E-state index < -0.39 is 0 Å². The molecule has 0 saturated heterocycles. The first kappa shape index (κ1) is 20.4. The van der Waals surface area contributed by atoms with Gasteiger partial charge >= 0.3 is 0 Å². The lowest BCUT2D eigenvalue weighted by Gasteiger charge is -2.34. The molecule has 3 aromatic rings. The number of para-hydroxylation sites is 1. The van der Waals surface area contributed by atoms with E-state index in [1.165, 1.54) is 18.1 Å². The van der Waals surface area contributed by atoms with Gasteiger partial charge in [-0.25, -0.2) is 0 Å². The third-order valence-electron chi connectivity index (χ3n) is 6.75. The molecule has 1 aliphatic carbocycles. The van der Waals surface area contributed by atoms with Gasteiger partial charge in [0.1, 0.15) is 0 Å². The van der Waals surface area contributed by atoms with Crippen LogP contribution in [0.15, 0.2) is 59.4 Å².